The number of nitrogens with zero attached hydrogens (tertiary/aromatic N) is 4. The Bertz CT molecular complexity index is 990. The van der Waals surface area contributed by atoms with Crippen molar-refractivity contribution in [3.63, 3.8) is 0 Å². The van der Waals surface area contributed by atoms with Crippen LogP contribution >= 0.6 is 0 Å². The number of aromatic nitrogens is 4. The quantitative estimate of drug-likeness (QED) is 0.485. The average molecular weight is 376 g/mol. The molecule has 0 spiro atoms. The van der Waals surface area contributed by atoms with E-state index in [1.807, 2.05) is 6.07 Å². The van der Waals surface area contributed by atoms with E-state index in [1.165, 1.54) is 6.20 Å². The number of amides is 2. The first kappa shape index (κ1) is 18.4. The molecule has 10 nitrogen and oxygen atoms in total. The predicted molar refractivity (Wildman–Crippen MR) is 103 cm³/mol. The van der Waals surface area contributed by atoms with Gasteiger partial charge in [-0.25, -0.2) is 4.79 Å². The number of nitrogens with one attached hydrogen (secondary N) is 4. The van der Waals surface area contributed by atoms with Crippen molar-refractivity contribution >= 4 is 28.7 Å². The van der Waals surface area contributed by atoms with E-state index in [9.17, 15) is 4.79 Å². The van der Waals surface area contributed by atoms with Crippen LogP contribution in [0.15, 0.2) is 54.7 Å². The molecular weight excluding hydrogens is 360 g/mol. The van der Waals surface area contributed by atoms with Gasteiger partial charge in [0.2, 0.25) is 5.82 Å². The van der Waals surface area contributed by atoms with E-state index in [1.54, 1.807) is 55.6 Å². The summed E-state index contributed by atoms with van der Waals surface area (Å²) in [6.07, 6.45) is 1.48. The molecule has 2 aromatic carbocycles. The number of carbonyl (C=O) groups is 1. The van der Waals surface area contributed by atoms with Crippen LogP contribution in [0, 0.1) is 11.3 Å². The van der Waals surface area contributed by atoms with Gasteiger partial charge < -0.3 is 20.7 Å². The zero-order valence-electron chi connectivity index (χ0n) is 14.8. The highest BCUT2D eigenvalue weighted by molar-refractivity contribution is 5.99. The molecule has 0 fully saturated rings. The maximum Gasteiger partial charge on any atom is 0.323 e. The number of allylic oxidation sites excluding steroid dienone is 1. The topological polar surface area (TPSA) is 141 Å². The number of tetrazole rings is 1. The number of H-pyrrole nitrogens is 1. The summed E-state index contributed by atoms with van der Waals surface area (Å²) in [5.74, 6) is 0.908. The Morgan fingerprint density at radius 3 is 2.21 bits per heavy atom. The SMILES string of the molecule is COc1ccc(NC(=O)Nc2ccc(NC=C(C#N)c3nn[nH]n3)cc2)cc1. The molecule has 0 atom stereocenters. The highest BCUT2D eigenvalue weighted by atomic mass is 16.5. The third-order valence-corrected chi connectivity index (χ3v) is 3.58. The van der Waals surface area contributed by atoms with Crippen LogP contribution in [-0.2, 0) is 0 Å². The molecule has 0 unspecified atom stereocenters. The van der Waals surface area contributed by atoms with Gasteiger partial charge in [-0.15, -0.1) is 10.2 Å². The summed E-state index contributed by atoms with van der Waals surface area (Å²) >= 11 is 0. The Labute approximate surface area is 160 Å². The van der Waals surface area contributed by atoms with Crippen molar-refractivity contribution in [1.29, 1.82) is 5.26 Å². The van der Waals surface area contributed by atoms with Crippen molar-refractivity contribution in [2.75, 3.05) is 23.1 Å². The summed E-state index contributed by atoms with van der Waals surface area (Å²) in [5, 5.41) is 30.8. The molecule has 28 heavy (non-hydrogen) atoms. The molecule has 0 aliphatic carbocycles. The zero-order valence-corrected chi connectivity index (χ0v) is 14.8. The van der Waals surface area contributed by atoms with Gasteiger partial charge in [-0.05, 0) is 53.7 Å². The largest absolute Gasteiger partial charge is 0.497 e. The van der Waals surface area contributed by atoms with Crippen molar-refractivity contribution in [3.8, 4) is 11.8 Å². The van der Waals surface area contributed by atoms with Crippen molar-refractivity contribution in [2.45, 2.75) is 0 Å². The fraction of sp³-hybridized carbons (Fsp3) is 0.0556. The lowest BCUT2D eigenvalue weighted by atomic mass is 10.2. The fourth-order valence-corrected chi connectivity index (χ4v) is 2.20. The first-order valence-corrected chi connectivity index (χ1v) is 8.10. The number of carbonyl (C=O) groups excluding carboxylic acids is 1. The van der Waals surface area contributed by atoms with E-state index in [0.717, 1.165) is 5.69 Å². The molecule has 10 heteroatoms. The van der Waals surface area contributed by atoms with Gasteiger partial charge in [-0.1, -0.05) is 0 Å². The molecule has 0 radical (unpaired) electrons. The summed E-state index contributed by atoms with van der Waals surface area (Å²) in [7, 11) is 1.58. The van der Waals surface area contributed by atoms with Gasteiger partial charge in [0.05, 0.1) is 7.11 Å². The van der Waals surface area contributed by atoms with Crippen molar-refractivity contribution in [3.05, 3.63) is 60.6 Å². The Morgan fingerprint density at radius 1 is 1.07 bits per heavy atom. The van der Waals surface area contributed by atoms with Crippen molar-refractivity contribution in [2.24, 2.45) is 0 Å². The number of methoxy groups -OCH3 is 1. The molecule has 0 aliphatic heterocycles. The monoisotopic (exact) mass is 376 g/mol. The lowest BCUT2D eigenvalue weighted by Crippen LogP contribution is -2.19. The molecule has 0 bridgehead atoms. The second-order valence-electron chi connectivity index (χ2n) is 5.43. The predicted octanol–water partition coefficient (Wildman–Crippen LogP) is 2.83. The molecule has 1 heterocycles. The molecule has 3 rings (SSSR count). The third kappa shape index (κ3) is 4.83. The maximum atomic E-state index is 12.1. The van der Waals surface area contributed by atoms with Gasteiger partial charge in [-0.2, -0.15) is 10.5 Å². The molecule has 1 aromatic heterocycles. The lowest BCUT2D eigenvalue weighted by Gasteiger charge is -2.09. The van der Waals surface area contributed by atoms with Crippen LogP contribution in [0.3, 0.4) is 0 Å². The third-order valence-electron chi connectivity index (χ3n) is 3.58. The Morgan fingerprint density at radius 2 is 1.68 bits per heavy atom. The molecule has 0 aliphatic rings. The first-order valence-electron chi connectivity index (χ1n) is 8.10. The van der Waals surface area contributed by atoms with E-state index >= 15 is 0 Å². The fourth-order valence-electron chi connectivity index (χ4n) is 2.20. The zero-order chi connectivity index (χ0) is 19.8. The molecule has 140 valence electrons. The second-order valence-corrected chi connectivity index (χ2v) is 5.43. The molecule has 4 N–H and O–H groups in total. The summed E-state index contributed by atoms with van der Waals surface area (Å²) in [4.78, 5) is 12.1. The number of nitriles is 1. The van der Waals surface area contributed by atoms with E-state index in [0.29, 0.717) is 17.1 Å². The summed E-state index contributed by atoms with van der Waals surface area (Å²) in [6.45, 7) is 0. The highest BCUT2D eigenvalue weighted by Gasteiger charge is 2.06. The van der Waals surface area contributed by atoms with E-state index in [-0.39, 0.29) is 17.4 Å². The number of hydrogen-bond donors (Lipinski definition) is 4. The first-order chi connectivity index (χ1) is 13.7. The van der Waals surface area contributed by atoms with Crippen molar-refractivity contribution < 1.29 is 9.53 Å². The van der Waals surface area contributed by atoms with Crippen LogP contribution in [-0.4, -0.2) is 33.8 Å². The van der Waals surface area contributed by atoms with Crippen LogP contribution in [0.2, 0.25) is 0 Å². The smallest absolute Gasteiger partial charge is 0.323 e. The standard InChI is InChI=1S/C18H16N8O2/c1-28-16-8-6-15(7-9-16)22-18(27)21-14-4-2-13(3-5-14)20-11-12(10-19)17-23-25-26-24-17/h2-9,11,20H,1H3,(H2,21,22,27)(H,23,24,25,26). The van der Waals surface area contributed by atoms with Gasteiger partial charge >= 0.3 is 6.03 Å². The summed E-state index contributed by atoms with van der Waals surface area (Å²) < 4.78 is 5.08. The Balaban J connectivity index is 1.56. The van der Waals surface area contributed by atoms with Crippen LogP contribution in [0.4, 0.5) is 21.9 Å². The molecule has 0 saturated carbocycles. The number of ether oxygens (including phenoxy) is 1. The van der Waals surface area contributed by atoms with Crippen LogP contribution in [0.5, 0.6) is 5.75 Å². The minimum Gasteiger partial charge on any atom is -0.497 e. The highest BCUT2D eigenvalue weighted by Crippen LogP contribution is 2.17. The number of anilines is 3. The maximum absolute atomic E-state index is 12.1. The van der Waals surface area contributed by atoms with Gasteiger partial charge in [0.1, 0.15) is 17.4 Å². The Kier molecular flexibility index (Phi) is 5.79. The van der Waals surface area contributed by atoms with Gasteiger partial charge in [0.25, 0.3) is 0 Å². The van der Waals surface area contributed by atoms with Gasteiger partial charge in [0, 0.05) is 23.3 Å². The van der Waals surface area contributed by atoms with Crippen LogP contribution in [0.25, 0.3) is 5.57 Å². The minimum absolute atomic E-state index is 0.198. The molecule has 3 aromatic rings. The number of rotatable bonds is 6. The normalized spacial score (nSPS) is 10.6. The number of benzene rings is 2. The molecule has 2 amide bonds. The van der Waals surface area contributed by atoms with E-state index in [2.05, 4.69) is 36.6 Å². The number of aromatic amines is 1. The van der Waals surface area contributed by atoms with E-state index < -0.39 is 0 Å². The van der Waals surface area contributed by atoms with Crippen LogP contribution in [0.1, 0.15) is 5.82 Å². The van der Waals surface area contributed by atoms with Gasteiger partial charge in [-0.3, -0.25) is 0 Å². The number of urea groups is 1. The summed E-state index contributed by atoms with van der Waals surface area (Å²) in [6, 6.07) is 15.6. The Hall–Kier alpha value is -4.39. The second kappa shape index (κ2) is 8.81. The van der Waals surface area contributed by atoms with E-state index in [4.69, 9.17) is 10.00 Å². The minimum atomic E-state index is -0.366. The number of hydrogen-bond acceptors (Lipinski definition) is 7. The van der Waals surface area contributed by atoms with Crippen LogP contribution < -0.4 is 20.7 Å². The average Bonchev–Trinajstić information content (AvgIpc) is 3.25. The summed E-state index contributed by atoms with van der Waals surface area (Å²) in [5.41, 5.74) is 2.21. The molecule has 0 saturated heterocycles. The van der Waals surface area contributed by atoms with Crippen molar-refractivity contribution in [1.82, 2.24) is 20.6 Å². The lowest BCUT2D eigenvalue weighted by molar-refractivity contribution is 0.262. The molecular formula is C18H16N8O2. The van der Waals surface area contributed by atoms with Gasteiger partial charge in [0.15, 0.2) is 0 Å².